The van der Waals surface area contributed by atoms with E-state index in [9.17, 15) is 0 Å². The van der Waals surface area contributed by atoms with E-state index >= 15 is 0 Å². The Bertz CT molecular complexity index is 806. The minimum Gasteiger partial charge on any atom is -0.494 e. The molecule has 0 saturated heterocycles. The van der Waals surface area contributed by atoms with E-state index in [2.05, 4.69) is 24.3 Å². The Morgan fingerprint density at radius 3 is 2.57 bits per heavy atom. The van der Waals surface area contributed by atoms with Crippen molar-refractivity contribution in [1.82, 2.24) is 9.38 Å². The van der Waals surface area contributed by atoms with Crippen molar-refractivity contribution < 1.29 is 4.74 Å². The van der Waals surface area contributed by atoms with Crippen LogP contribution in [0.15, 0.2) is 42.5 Å². The quantitative estimate of drug-likeness (QED) is 0.586. The summed E-state index contributed by atoms with van der Waals surface area (Å²) in [6, 6.07) is 14.2. The fourth-order valence-electron chi connectivity index (χ4n) is 2.79. The number of benzene rings is 1. The fourth-order valence-corrected chi connectivity index (χ4v) is 2.99. The summed E-state index contributed by atoms with van der Waals surface area (Å²) in [6.45, 7) is 6.89. The van der Waals surface area contributed by atoms with Crippen LogP contribution in [0.5, 0.6) is 5.75 Å². The van der Waals surface area contributed by atoms with Crippen molar-refractivity contribution in [2.24, 2.45) is 0 Å². The van der Waals surface area contributed by atoms with Crippen LogP contribution in [0.1, 0.15) is 37.0 Å². The Labute approximate surface area is 141 Å². The molecular weight excluding hydrogens is 308 g/mol. The second-order valence-corrected chi connectivity index (χ2v) is 6.35. The zero-order chi connectivity index (χ0) is 16.4. The molecule has 2 heterocycles. The van der Waals surface area contributed by atoms with Gasteiger partial charge in [0.1, 0.15) is 11.4 Å². The molecule has 0 aliphatic rings. The molecule has 2 aromatic heterocycles. The third-order valence-electron chi connectivity index (χ3n) is 3.85. The molecule has 0 spiro atoms. The van der Waals surface area contributed by atoms with Crippen molar-refractivity contribution in [1.29, 1.82) is 0 Å². The number of fused-ring (bicyclic) bond motifs is 1. The van der Waals surface area contributed by atoms with Gasteiger partial charge in [-0.1, -0.05) is 13.0 Å². The second-order valence-electron chi connectivity index (χ2n) is 5.70. The molecule has 0 aliphatic carbocycles. The lowest BCUT2D eigenvalue weighted by Crippen LogP contribution is -1.99. The highest BCUT2D eigenvalue weighted by molar-refractivity contribution is 6.20. The third-order valence-corrected chi connectivity index (χ3v) is 4.06. The molecule has 3 rings (SSSR count). The van der Waals surface area contributed by atoms with Crippen LogP contribution in [0.4, 0.5) is 0 Å². The van der Waals surface area contributed by atoms with Gasteiger partial charge in [0.05, 0.1) is 23.4 Å². The van der Waals surface area contributed by atoms with Crippen LogP contribution in [-0.2, 0) is 0 Å². The Kier molecular flexibility index (Phi) is 4.58. The molecule has 120 valence electrons. The Balaban J connectivity index is 2.09. The number of ether oxygens (including phenoxy) is 1. The number of alkyl halides is 1. The van der Waals surface area contributed by atoms with Crippen molar-refractivity contribution in [3.05, 3.63) is 53.9 Å². The lowest BCUT2D eigenvalue weighted by molar-refractivity contribution is 0.317. The van der Waals surface area contributed by atoms with Gasteiger partial charge in [0.2, 0.25) is 0 Å². The molecule has 1 unspecified atom stereocenters. The molecule has 0 amide bonds. The number of imidazole rings is 1. The summed E-state index contributed by atoms with van der Waals surface area (Å²) in [5, 5.41) is -0.128. The standard InChI is InChI=1S/C19H21ClN2O/c1-4-12-23-16-10-8-15(9-11-16)18-19(14(3)20)22-13(2)6-5-7-17(22)21-18/h5-11,14H,4,12H2,1-3H3. The van der Waals surface area contributed by atoms with Gasteiger partial charge in [0.15, 0.2) is 0 Å². The van der Waals surface area contributed by atoms with Crippen LogP contribution in [0, 0.1) is 6.92 Å². The van der Waals surface area contributed by atoms with Crippen molar-refractivity contribution in [3.63, 3.8) is 0 Å². The van der Waals surface area contributed by atoms with Gasteiger partial charge in [-0.05, 0) is 56.7 Å². The molecule has 23 heavy (non-hydrogen) atoms. The second kappa shape index (κ2) is 6.63. The van der Waals surface area contributed by atoms with Crippen LogP contribution < -0.4 is 4.74 Å². The number of aromatic nitrogens is 2. The number of pyridine rings is 1. The summed E-state index contributed by atoms with van der Waals surface area (Å²) in [7, 11) is 0. The highest BCUT2D eigenvalue weighted by Crippen LogP contribution is 2.33. The maximum atomic E-state index is 6.46. The van der Waals surface area contributed by atoms with Crippen molar-refractivity contribution >= 4 is 17.2 Å². The first-order valence-corrected chi connectivity index (χ1v) is 8.40. The molecule has 0 radical (unpaired) electrons. The Morgan fingerprint density at radius 2 is 1.91 bits per heavy atom. The van der Waals surface area contributed by atoms with E-state index < -0.39 is 0 Å². The molecule has 1 atom stereocenters. The number of halogens is 1. The van der Waals surface area contributed by atoms with E-state index in [1.165, 1.54) is 0 Å². The minimum absolute atomic E-state index is 0.128. The molecule has 0 aliphatic heterocycles. The first kappa shape index (κ1) is 15.9. The van der Waals surface area contributed by atoms with Crippen molar-refractivity contribution in [2.75, 3.05) is 6.61 Å². The predicted molar refractivity (Wildman–Crippen MR) is 95.4 cm³/mol. The fraction of sp³-hybridized carbons (Fsp3) is 0.316. The number of nitrogens with zero attached hydrogens (tertiary/aromatic N) is 2. The van der Waals surface area contributed by atoms with E-state index in [1.807, 2.05) is 43.3 Å². The maximum absolute atomic E-state index is 6.46. The predicted octanol–water partition coefficient (Wildman–Crippen LogP) is 5.40. The van der Waals surface area contributed by atoms with Gasteiger partial charge >= 0.3 is 0 Å². The SMILES string of the molecule is CCCOc1ccc(-c2nc3cccc(C)n3c2C(C)Cl)cc1. The van der Waals surface area contributed by atoms with Gasteiger partial charge in [-0.3, -0.25) is 4.40 Å². The average molecular weight is 329 g/mol. The molecule has 0 bridgehead atoms. The highest BCUT2D eigenvalue weighted by atomic mass is 35.5. The molecule has 0 N–H and O–H groups in total. The molecular formula is C19H21ClN2O. The van der Waals surface area contributed by atoms with E-state index in [1.54, 1.807) is 0 Å². The molecule has 0 saturated carbocycles. The normalized spacial score (nSPS) is 12.5. The molecule has 0 fully saturated rings. The van der Waals surface area contributed by atoms with E-state index in [0.29, 0.717) is 0 Å². The van der Waals surface area contributed by atoms with Crippen LogP contribution in [-0.4, -0.2) is 16.0 Å². The number of aryl methyl sites for hydroxylation is 1. The summed E-state index contributed by atoms with van der Waals surface area (Å²) in [5.74, 6) is 0.885. The lowest BCUT2D eigenvalue weighted by Gasteiger charge is -2.10. The van der Waals surface area contributed by atoms with Gasteiger partial charge in [-0.2, -0.15) is 0 Å². The molecule has 4 heteroatoms. The minimum atomic E-state index is -0.128. The summed E-state index contributed by atoms with van der Waals surface area (Å²) in [6.07, 6.45) is 1.00. The van der Waals surface area contributed by atoms with E-state index in [0.717, 1.165) is 47.1 Å². The zero-order valence-electron chi connectivity index (χ0n) is 13.7. The van der Waals surface area contributed by atoms with Crippen molar-refractivity contribution in [3.8, 4) is 17.0 Å². The van der Waals surface area contributed by atoms with Crippen molar-refractivity contribution in [2.45, 2.75) is 32.6 Å². The van der Waals surface area contributed by atoms with Gasteiger partial charge in [-0.15, -0.1) is 11.6 Å². The highest BCUT2D eigenvalue weighted by Gasteiger charge is 2.19. The summed E-state index contributed by atoms with van der Waals surface area (Å²) in [5.41, 5.74) is 5.07. The van der Waals surface area contributed by atoms with Gasteiger partial charge < -0.3 is 4.74 Å². The van der Waals surface area contributed by atoms with Gasteiger partial charge in [-0.25, -0.2) is 4.98 Å². The zero-order valence-corrected chi connectivity index (χ0v) is 14.5. The molecule has 3 aromatic rings. The number of hydrogen-bond acceptors (Lipinski definition) is 2. The first-order valence-electron chi connectivity index (χ1n) is 7.97. The van der Waals surface area contributed by atoms with E-state index in [-0.39, 0.29) is 5.38 Å². The summed E-state index contributed by atoms with van der Waals surface area (Å²) < 4.78 is 7.78. The van der Waals surface area contributed by atoms with Crippen LogP contribution in [0.25, 0.3) is 16.9 Å². The summed E-state index contributed by atoms with van der Waals surface area (Å²) >= 11 is 6.46. The largest absolute Gasteiger partial charge is 0.494 e. The van der Waals surface area contributed by atoms with Gasteiger partial charge in [0.25, 0.3) is 0 Å². The van der Waals surface area contributed by atoms with Crippen LogP contribution in [0.2, 0.25) is 0 Å². The maximum Gasteiger partial charge on any atom is 0.137 e. The monoisotopic (exact) mass is 328 g/mol. The Hall–Kier alpha value is -2.00. The van der Waals surface area contributed by atoms with Crippen LogP contribution >= 0.6 is 11.6 Å². The number of rotatable bonds is 5. The van der Waals surface area contributed by atoms with E-state index in [4.69, 9.17) is 21.3 Å². The first-order chi connectivity index (χ1) is 11.1. The smallest absolute Gasteiger partial charge is 0.137 e. The molecule has 1 aromatic carbocycles. The van der Waals surface area contributed by atoms with Gasteiger partial charge in [0, 0.05) is 11.3 Å². The average Bonchev–Trinajstić information content (AvgIpc) is 2.94. The lowest BCUT2D eigenvalue weighted by atomic mass is 10.1. The van der Waals surface area contributed by atoms with Crippen LogP contribution in [0.3, 0.4) is 0 Å². The summed E-state index contributed by atoms with van der Waals surface area (Å²) in [4.78, 5) is 4.79. The third kappa shape index (κ3) is 3.06. The topological polar surface area (TPSA) is 26.5 Å². The number of hydrogen-bond donors (Lipinski definition) is 0. The Morgan fingerprint density at radius 1 is 1.17 bits per heavy atom. The molecule has 3 nitrogen and oxygen atoms in total.